The number of hydrogen-bond acceptors (Lipinski definition) is 0. The monoisotopic (exact) mass is 652 g/mol. The molecule has 0 spiro atoms. The molecule has 2 aromatic rings. The molecule has 1 heteroatoms. The maximum Gasteiger partial charge on any atom is 0.0358 e. The predicted molar refractivity (Wildman–Crippen MR) is 172 cm³/mol. The molecule has 0 aliphatic heterocycles. The van der Waals surface area contributed by atoms with Crippen molar-refractivity contribution in [2.24, 2.45) is 80.8 Å². The molecule has 12 aliphatic rings. The summed E-state index contributed by atoms with van der Waals surface area (Å²) in [5, 5.41) is 0. The van der Waals surface area contributed by atoms with Gasteiger partial charge in [-0.2, -0.15) is 0 Å². The quantitative estimate of drug-likeness (QED) is 0.115. The molecule has 41 heavy (non-hydrogen) atoms. The third-order valence-corrected chi connectivity index (χ3v) is 20.3. The summed E-state index contributed by atoms with van der Waals surface area (Å²) in [4.78, 5) is 0. The van der Waals surface area contributed by atoms with Crippen LogP contribution in [0, 0.1) is 80.8 Å². The summed E-state index contributed by atoms with van der Waals surface area (Å²) in [6, 6.07) is 21.1. The van der Waals surface area contributed by atoms with Crippen LogP contribution in [0.4, 0.5) is 0 Å². The van der Waals surface area contributed by atoms with Gasteiger partial charge in [-0.25, -0.2) is 0 Å². The van der Waals surface area contributed by atoms with Crippen molar-refractivity contribution in [3.05, 3.63) is 60.2 Å². The van der Waals surface area contributed by atoms with E-state index >= 15 is 0 Å². The SMILES string of the molecule is CCCCCCC12C3C4C1(I)C1C2C3(C23C5C6C2C2C3C5C62c2ccc(-c3ccccc3)cc2)C41CCCCCC. The molecule has 0 nitrogen and oxygen atoms in total. The van der Waals surface area contributed by atoms with Gasteiger partial charge in [0.25, 0.3) is 0 Å². The highest BCUT2D eigenvalue weighted by Crippen LogP contribution is 3.26. The third-order valence-electron chi connectivity index (χ3n) is 18.0. The first-order valence-corrected chi connectivity index (χ1v) is 19.1. The first-order valence-electron chi connectivity index (χ1n) is 18.0. The Bertz CT molecular complexity index is 1460. The van der Waals surface area contributed by atoms with Crippen LogP contribution in [-0.4, -0.2) is 3.42 Å². The minimum absolute atomic E-state index is 0.645. The minimum Gasteiger partial charge on any atom is -0.0776 e. The standard InChI is InChI=1S/C40H45I/c1-3-5-7-12-20-35-33-31-36(21-13-8-6-4-2)32(34(35)40(33,36)41)39(31,35)38-28-25-29(38)27-30(38)26(28)37(25,27)24-18-16-23(17-19-24)22-14-10-9-11-15-22/h9-11,14-19,25-34H,3-8,12-13,20-21H2,1-2H3. The molecule has 12 aliphatic carbocycles. The summed E-state index contributed by atoms with van der Waals surface area (Å²) in [5.41, 5.74) is 8.62. The predicted octanol–water partition coefficient (Wildman–Crippen LogP) is 9.95. The van der Waals surface area contributed by atoms with Gasteiger partial charge in [-0.3, -0.25) is 0 Å². The average molecular weight is 653 g/mol. The van der Waals surface area contributed by atoms with Gasteiger partial charge in [0.1, 0.15) is 0 Å². The van der Waals surface area contributed by atoms with E-state index in [4.69, 9.17) is 0 Å². The van der Waals surface area contributed by atoms with E-state index in [1.54, 1.807) is 31.2 Å². The number of unbranched alkanes of at least 4 members (excludes halogenated alkanes) is 6. The van der Waals surface area contributed by atoms with Crippen LogP contribution in [0.25, 0.3) is 11.1 Å². The van der Waals surface area contributed by atoms with E-state index in [1.807, 2.05) is 0 Å². The molecule has 0 radical (unpaired) electrons. The molecule has 4 atom stereocenters. The zero-order chi connectivity index (χ0) is 26.9. The molecule has 212 valence electrons. The summed E-state index contributed by atoms with van der Waals surface area (Å²) in [7, 11) is 0. The fraction of sp³-hybridized carbons (Fsp3) is 0.700. The molecule has 0 bridgehead atoms. The highest BCUT2D eigenvalue weighted by molar-refractivity contribution is 14.1. The van der Waals surface area contributed by atoms with Crippen molar-refractivity contribution in [1.82, 2.24) is 0 Å². The summed E-state index contributed by atoms with van der Waals surface area (Å²) in [6.07, 6.45) is 15.1. The van der Waals surface area contributed by atoms with Crippen LogP contribution in [0.2, 0.25) is 0 Å². The topological polar surface area (TPSA) is 0 Å². The van der Waals surface area contributed by atoms with Gasteiger partial charge in [0.05, 0.1) is 0 Å². The van der Waals surface area contributed by atoms with Gasteiger partial charge in [0.15, 0.2) is 0 Å². The Hall–Kier alpha value is -0.830. The maximum atomic E-state index is 3.11. The third kappa shape index (κ3) is 1.60. The van der Waals surface area contributed by atoms with Crippen molar-refractivity contribution in [2.45, 2.75) is 86.9 Å². The molecule has 0 aromatic heterocycles. The van der Waals surface area contributed by atoms with E-state index in [9.17, 15) is 0 Å². The van der Waals surface area contributed by atoms with E-state index in [-0.39, 0.29) is 0 Å². The van der Waals surface area contributed by atoms with Gasteiger partial charge in [-0.1, -0.05) is 142 Å². The Balaban J connectivity index is 0.859. The summed E-state index contributed by atoms with van der Waals surface area (Å²) >= 11 is 3.11. The van der Waals surface area contributed by atoms with E-state index in [0.717, 1.165) is 60.6 Å². The van der Waals surface area contributed by atoms with Gasteiger partial charge in [-0.05, 0) is 110 Å². The fourth-order valence-electron chi connectivity index (χ4n) is 18.3. The Kier molecular flexibility index (Phi) is 3.77. The zero-order valence-electron chi connectivity index (χ0n) is 24.9. The van der Waals surface area contributed by atoms with Crippen LogP contribution in [0.3, 0.4) is 0 Å². The molecule has 2 aromatic carbocycles. The van der Waals surface area contributed by atoms with Crippen LogP contribution in [0.1, 0.15) is 83.6 Å². The minimum atomic E-state index is 0.645. The van der Waals surface area contributed by atoms with E-state index < -0.39 is 0 Å². The molecular weight excluding hydrogens is 607 g/mol. The van der Waals surface area contributed by atoms with Gasteiger partial charge in [0, 0.05) is 8.84 Å². The summed E-state index contributed by atoms with van der Waals surface area (Å²) < 4.78 is 0.777. The Labute approximate surface area is 260 Å². The van der Waals surface area contributed by atoms with Crippen molar-refractivity contribution in [2.75, 3.05) is 0 Å². The van der Waals surface area contributed by atoms with Crippen LogP contribution >= 0.6 is 22.6 Å². The van der Waals surface area contributed by atoms with Crippen molar-refractivity contribution >= 4 is 22.6 Å². The fourth-order valence-corrected chi connectivity index (χ4v) is 21.0. The first-order chi connectivity index (χ1) is 20.2. The second-order valence-electron chi connectivity index (χ2n) is 17.2. The number of halogens is 1. The molecule has 12 saturated carbocycles. The van der Waals surface area contributed by atoms with E-state index in [0.29, 0.717) is 5.41 Å². The highest BCUT2D eigenvalue weighted by atomic mass is 127. The van der Waals surface area contributed by atoms with Crippen molar-refractivity contribution < 1.29 is 0 Å². The summed E-state index contributed by atoms with van der Waals surface area (Å²) in [6.45, 7) is 4.78. The number of hydrogen-bond donors (Lipinski definition) is 0. The molecule has 0 heterocycles. The molecule has 4 unspecified atom stereocenters. The van der Waals surface area contributed by atoms with E-state index in [1.165, 1.54) is 73.3 Å². The summed E-state index contributed by atoms with van der Waals surface area (Å²) in [5.74, 6) is 11.5. The Morgan fingerprint density at radius 3 is 1.66 bits per heavy atom. The second-order valence-corrected chi connectivity index (χ2v) is 19.0. The lowest BCUT2D eigenvalue weighted by Crippen LogP contribution is -3.26. The smallest absolute Gasteiger partial charge is 0.0358 e. The Morgan fingerprint density at radius 2 is 1.10 bits per heavy atom. The van der Waals surface area contributed by atoms with Crippen LogP contribution in [0.15, 0.2) is 54.6 Å². The number of alkyl halides is 1. The zero-order valence-corrected chi connectivity index (χ0v) is 27.1. The van der Waals surface area contributed by atoms with Crippen LogP contribution in [0.5, 0.6) is 0 Å². The molecule has 12 fully saturated rings. The van der Waals surface area contributed by atoms with Crippen LogP contribution < -0.4 is 0 Å². The van der Waals surface area contributed by atoms with Crippen LogP contribution in [-0.2, 0) is 5.41 Å². The molecule has 0 amide bonds. The average Bonchev–Trinajstić information content (AvgIpc) is 3.02. The number of rotatable bonds is 13. The molecule has 0 N–H and O–H groups in total. The second kappa shape index (κ2) is 6.57. The van der Waals surface area contributed by atoms with Gasteiger partial charge >= 0.3 is 0 Å². The van der Waals surface area contributed by atoms with Gasteiger partial charge in [0.2, 0.25) is 0 Å². The normalized spacial score (nSPS) is 60.7. The first kappa shape index (κ1) is 23.5. The largest absolute Gasteiger partial charge is 0.0776 e. The lowest BCUT2D eigenvalue weighted by molar-refractivity contribution is -0.778. The van der Waals surface area contributed by atoms with E-state index in [2.05, 4.69) is 91.0 Å². The Morgan fingerprint density at radius 1 is 0.561 bits per heavy atom. The van der Waals surface area contributed by atoms with Gasteiger partial charge < -0.3 is 0 Å². The molecule has 0 saturated heterocycles. The van der Waals surface area contributed by atoms with Crippen molar-refractivity contribution in [3.8, 4) is 11.1 Å². The lowest BCUT2D eigenvalue weighted by Gasteiger charge is -3.27. The highest BCUT2D eigenvalue weighted by Gasteiger charge is 3.26. The maximum absolute atomic E-state index is 3.11. The van der Waals surface area contributed by atoms with Gasteiger partial charge in [-0.15, -0.1) is 0 Å². The number of benzene rings is 2. The lowest BCUT2D eigenvalue weighted by atomic mass is 8.78. The molecular formula is C40H45I. The van der Waals surface area contributed by atoms with Crippen molar-refractivity contribution in [3.63, 3.8) is 0 Å². The molecule has 14 rings (SSSR count). The van der Waals surface area contributed by atoms with Crippen molar-refractivity contribution in [1.29, 1.82) is 0 Å².